The molecule has 0 saturated heterocycles. The zero-order valence-electron chi connectivity index (χ0n) is 9.95. The Hall–Kier alpha value is -1.42. The Labute approximate surface area is 100 Å². The second-order valence-electron chi connectivity index (χ2n) is 4.74. The van der Waals surface area contributed by atoms with Crippen LogP contribution in [0.4, 0.5) is 4.39 Å². The Bertz CT molecular complexity index is 429. The molecule has 1 aromatic carbocycles. The highest BCUT2D eigenvalue weighted by Gasteiger charge is 2.49. The highest BCUT2D eigenvalue weighted by molar-refractivity contribution is 5.85. The van der Waals surface area contributed by atoms with E-state index in [-0.39, 0.29) is 17.1 Å². The number of hydrogen-bond acceptors (Lipinski definition) is 2. The summed E-state index contributed by atoms with van der Waals surface area (Å²) in [5, 5.41) is 0. The van der Waals surface area contributed by atoms with Crippen LogP contribution in [-0.2, 0) is 11.3 Å². The van der Waals surface area contributed by atoms with Gasteiger partial charge in [0, 0.05) is 25.7 Å². The van der Waals surface area contributed by atoms with E-state index in [1.807, 2.05) is 0 Å². The third-order valence-electron chi connectivity index (χ3n) is 3.41. The molecule has 2 rings (SSSR count). The topological polar surface area (TPSA) is 46.3 Å². The van der Waals surface area contributed by atoms with E-state index in [1.54, 1.807) is 30.1 Å². The molecule has 0 aromatic heterocycles. The number of carbonyl (C=O) groups is 1. The lowest BCUT2D eigenvalue weighted by Crippen LogP contribution is -2.37. The maximum Gasteiger partial charge on any atom is 0.230 e. The van der Waals surface area contributed by atoms with Crippen LogP contribution in [0.2, 0.25) is 0 Å². The van der Waals surface area contributed by atoms with Gasteiger partial charge in [-0.05, 0) is 18.9 Å². The van der Waals surface area contributed by atoms with E-state index >= 15 is 0 Å². The Balaban J connectivity index is 2.05. The van der Waals surface area contributed by atoms with Crippen molar-refractivity contribution in [2.45, 2.75) is 19.4 Å². The predicted molar refractivity (Wildman–Crippen MR) is 63.6 cm³/mol. The first-order chi connectivity index (χ1) is 8.09. The summed E-state index contributed by atoms with van der Waals surface area (Å²) in [5.41, 5.74) is 5.79. The first kappa shape index (κ1) is 12.0. The Morgan fingerprint density at radius 2 is 2.12 bits per heavy atom. The van der Waals surface area contributed by atoms with Gasteiger partial charge in [0.25, 0.3) is 0 Å². The van der Waals surface area contributed by atoms with Gasteiger partial charge >= 0.3 is 0 Å². The van der Waals surface area contributed by atoms with E-state index in [2.05, 4.69) is 0 Å². The molecule has 1 aromatic rings. The summed E-state index contributed by atoms with van der Waals surface area (Å²) in [6.07, 6.45) is 1.70. The minimum Gasteiger partial charge on any atom is -0.341 e. The van der Waals surface area contributed by atoms with Gasteiger partial charge in [0.1, 0.15) is 5.82 Å². The highest BCUT2D eigenvalue weighted by atomic mass is 19.1. The zero-order chi connectivity index (χ0) is 12.5. The average molecular weight is 236 g/mol. The molecule has 1 aliphatic carbocycles. The molecule has 2 N–H and O–H groups in total. The number of amides is 1. The second kappa shape index (κ2) is 4.45. The van der Waals surface area contributed by atoms with Crippen molar-refractivity contribution in [3.05, 3.63) is 35.6 Å². The van der Waals surface area contributed by atoms with Crippen LogP contribution in [0, 0.1) is 11.2 Å². The van der Waals surface area contributed by atoms with Crippen LogP contribution in [0.5, 0.6) is 0 Å². The second-order valence-corrected chi connectivity index (χ2v) is 4.74. The molecular weight excluding hydrogens is 219 g/mol. The monoisotopic (exact) mass is 236 g/mol. The smallest absolute Gasteiger partial charge is 0.230 e. The van der Waals surface area contributed by atoms with Gasteiger partial charge in [-0.3, -0.25) is 4.79 Å². The first-order valence-electron chi connectivity index (χ1n) is 5.78. The fourth-order valence-corrected chi connectivity index (χ4v) is 2.02. The number of halogens is 1. The highest BCUT2D eigenvalue weighted by Crippen LogP contribution is 2.46. The summed E-state index contributed by atoms with van der Waals surface area (Å²) in [5.74, 6) is -0.243. The molecular formula is C13H17FN2O. The van der Waals surface area contributed by atoms with Crippen LogP contribution < -0.4 is 5.73 Å². The Kier molecular flexibility index (Phi) is 3.15. The van der Waals surface area contributed by atoms with Gasteiger partial charge in [-0.25, -0.2) is 4.39 Å². The van der Waals surface area contributed by atoms with Gasteiger partial charge in [0.05, 0.1) is 5.41 Å². The number of nitrogens with zero attached hydrogens (tertiary/aromatic N) is 1. The Morgan fingerprint density at radius 3 is 2.65 bits per heavy atom. The van der Waals surface area contributed by atoms with Crippen molar-refractivity contribution < 1.29 is 9.18 Å². The molecule has 0 spiro atoms. The first-order valence-corrected chi connectivity index (χ1v) is 5.78. The molecule has 0 atom stereocenters. The summed E-state index contributed by atoms with van der Waals surface area (Å²) in [6.45, 7) is 0.681. The van der Waals surface area contributed by atoms with Crippen molar-refractivity contribution >= 4 is 5.91 Å². The maximum atomic E-state index is 13.4. The third kappa shape index (κ3) is 2.31. The lowest BCUT2D eigenvalue weighted by Gasteiger charge is -2.22. The molecule has 3 nitrogen and oxygen atoms in total. The molecule has 0 bridgehead atoms. The van der Waals surface area contributed by atoms with E-state index in [0.717, 1.165) is 12.8 Å². The van der Waals surface area contributed by atoms with Crippen LogP contribution >= 0.6 is 0 Å². The van der Waals surface area contributed by atoms with Gasteiger partial charge in [0.2, 0.25) is 5.91 Å². The quantitative estimate of drug-likeness (QED) is 0.861. The Morgan fingerprint density at radius 1 is 1.47 bits per heavy atom. The third-order valence-corrected chi connectivity index (χ3v) is 3.41. The molecule has 0 unspecified atom stereocenters. The molecule has 0 aliphatic heterocycles. The number of nitrogens with two attached hydrogens (primary N) is 1. The lowest BCUT2D eigenvalue weighted by atomic mass is 10.1. The van der Waals surface area contributed by atoms with Crippen LogP contribution in [0.3, 0.4) is 0 Å². The van der Waals surface area contributed by atoms with Crippen LogP contribution in [-0.4, -0.2) is 24.4 Å². The minimum absolute atomic E-state index is 0.0308. The van der Waals surface area contributed by atoms with Gasteiger partial charge in [-0.15, -0.1) is 0 Å². The van der Waals surface area contributed by atoms with E-state index in [0.29, 0.717) is 18.7 Å². The van der Waals surface area contributed by atoms with Crippen molar-refractivity contribution in [2.75, 3.05) is 13.6 Å². The summed E-state index contributed by atoms with van der Waals surface area (Å²) in [6, 6.07) is 6.51. The fourth-order valence-electron chi connectivity index (χ4n) is 2.02. The molecule has 4 heteroatoms. The fraction of sp³-hybridized carbons (Fsp3) is 0.462. The molecule has 17 heavy (non-hydrogen) atoms. The van der Waals surface area contributed by atoms with Crippen LogP contribution in [0.1, 0.15) is 18.4 Å². The molecule has 1 fully saturated rings. The van der Waals surface area contributed by atoms with Crippen molar-refractivity contribution in [3.8, 4) is 0 Å². The summed E-state index contributed by atoms with van der Waals surface area (Å²) >= 11 is 0. The number of hydrogen-bond donors (Lipinski definition) is 1. The molecule has 92 valence electrons. The average Bonchev–Trinajstić information content (AvgIpc) is 3.12. The van der Waals surface area contributed by atoms with E-state index < -0.39 is 0 Å². The summed E-state index contributed by atoms with van der Waals surface area (Å²) < 4.78 is 13.4. The number of benzene rings is 1. The van der Waals surface area contributed by atoms with Gasteiger partial charge in [-0.1, -0.05) is 18.2 Å². The van der Waals surface area contributed by atoms with Crippen LogP contribution in [0.15, 0.2) is 24.3 Å². The van der Waals surface area contributed by atoms with Crippen molar-refractivity contribution in [2.24, 2.45) is 11.1 Å². The minimum atomic E-state index is -0.361. The molecule has 0 heterocycles. The number of rotatable bonds is 4. The van der Waals surface area contributed by atoms with Crippen molar-refractivity contribution in [1.82, 2.24) is 4.90 Å². The van der Waals surface area contributed by atoms with Crippen LogP contribution in [0.25, 0.3) is 0 Å². The van der Waals surface area contributed by atoms with E-state index in [4.69, 9.17) is 5.73 Å². The van der Waals surface area contributed by atoms with Gasteiger partial charge in [-0.2, -0.15) is 0 Å². The van der Waals surface area contributed by atoms with Gasteiger partial charge in [0.15, 0.2) is 0 Å². The predicted octanol–water partition coefficient (Wildman–Crippen LogP) is 1.52. The van der Waals surface area contributed by atoms with E-state index in [1.165, 1.54) is 6.07 Å². The summed E-state index contributed by atoms with van der Waals surface area (Å²) in [7, 11) is 1.70. The SMILES string of the molecule is CN(Cc1ccccc1F)C(=O)C1(CN)CC1. The normalized spacial score (nSPS) is 16.6. The summed E-state index contributed by atoms with van der Waals surface area (Å²) in [4.78, 5) is 13.7. The molecule has 1 saturated carbocycles. The van der Waals surface area contributed by atoms with Crippen molar-refractivity contribution in [1.29, 1.82) is 0 Å². The zero-order valence-corrected chi connectivity index (χ0v) is 9.95. The largest absolute Gasteiger partial charge is 0.341 e. The standard InChI is InChI=1S/C13H17FN2O/c1-16(12(17)13(9-15)6-7-13)8-10-4-2-3-5-11(10)14/h2-5H,6-9,15H2,1H3. The van der Waals surface area contributed by atoms with Gasteiger partial charge < -0.3 is 10.6 Å². The van der Waals surface area contributed by atoms with Crippen molar-refractivity contribution in [3.63, 3.8) is 0 Å². The molecule has 0 radical (unpaired) electrons. The number of carbonyl (C=O) groups excluding carboxylic acids is 1. The molecule has 1 amide bonds. The maximum absolute atomic E-state index is 13.4. The van der Waals surface area contributed by atoms with E-state index in [9.17, 15) is 9.18 Å². The molecule has 1 aliphatic rings. The lowest BCUT2D eigenvalue weighted by molar-refractivity contribution is -0.135.